The monoisotopic (exact) mass is 340 g/mol. The topological polar surface area (TPSA) is 121 Å². The van der Waals surface area contributed by atoms with Gasteiger partial charge in [-0.3, -0.25) is 0 Å². The van der Waals surface area contributed by atoms with Crippen LogP contribution in [0, 0.1) is 0 Å². The zero-order valence-corrected chi connectivity index (χ0v) is 16.7. The van der Waals surface area contributed by atoms with E-state index >= 15 is 0 Å². The Kier molecular flexibility index (Phi) is 39.9. The van der Waals surface area contributed by atoms with Crippen LogP contribution >= 0.6 is 0 Å². The van der Waals surface area contributed by atoms with E-state index in [2.05, 4.69) is 0 Å². The number of rotatable bonds is 0. The Balaban J connectivity index is -0.0000000300. The Morgan fingerprint density at radius 3 is 1.00 bits per heavy atom. The summed E-state index contributed by atoms with van der Waals surface area (Å²) in [6.07, 6.45) is -4.17. The number of carboxylic acid groups (broad SMARTS) is 4. The molecule has 0 unspecified atom stereocenters. The normalized spacial score (nSPS) is 4.80. The van der Waals surface area contributed by atoms with Crippen molar-refractivity contribution < 1.29 is 157 Å². The predicted molar refractivity (Wildman–Crippen MR) is 16.0 cm³/mol. The van der Waals surface area contributed by atoms with Gasteiger partial charge in [0.1, 0.15) is 0 Å². The predicted octanol–water partition coefficient (Wildman–Crippen LogP) is -8.22. The Morgan fingerprint density at radius 2 is 1.00 bits per heavy atom. The van der Waals surface area contributed by atoms with Crippen LogP contribution in [0.1, 0.15) is 0 Å². The van der Waals surface area contributed by atoms with Crippen molar-refractivity contribution >= 4 is 12.3 Å². The van der Waals surface area contributed by atoms with Crippen molar-refractivity contribution in [2.45, 2.75) is 0 Å². The smallest absolute Gasteiger partial charge is 0.565 e. The van der Waals surface area contributed by atoms with Crippen molar-refractivity contribution in [2.24, 2.45) is 0 Å². The molecule has 0 aromatic carbocycles. The largest absolute Gasteiger partial charge is 1.00 e. The van der Waals surface area contributed by atoms with Gasteiger partial charge in [0.2, 0.25) is 12.3 Å². The molecule has 0 aromatic heterocycles. The number of hydrogen-bond acceptors (Lipinski definition) is 4. The minimum absolute atomic E-state index is 0. The molecule has 48 valence electrons. The summed E-state index contributed by atoms with van der Waals surface area (Å²) in [5.74, 6) is 0. The zero-order valence-electron chi connectivity index (χ0n) is 5.53. The van der Waals surface area contributed by atoms with E-state index in [9.17, 15) is 0 Å². The second kappa shape index (κ2) is 17.5. The fraction of sp³-hybridized carbons (Fsp3) is 0. The maximum absolute atomic E-state index is 8.44. The van der Waals surface area contributed by atoms with Gasteiger partial charge in [-0.2, -0.15) is 0 Å². The van der Waals surface area contributed by atoms with Crippen LogP contribution in [0.5, 0.6) is 0 Å². The molecule has 0 bridgehead atoms. The van der Waals surface area contributed by atoms with Crippen LogP contribution in [0.25, 0.3) is 0 Å². The van der Waals surface area contributed by atoms with Gasteiger partial charge >= 0.3 is 127 Å². The second-order valence-corrected chi connectivity index (χ2v) is 0.532. The van der Waals surface area contributed by atoms with Crippen molar-refractivity contribution in [1.29, 1.82) is 0 Å². The molecule has 2 N–H and O–H groups in total. The van der Waals surface area contributed by atoms with E-state index in [1.165, 1.54) is 0 Å². The van der Waals surface area contributed by atoms with E-state index in [0.29, 0.717) is 0 Å². The van der Waals surface area contributed by atoms with Crippen molar-refractivity contribution in [3.8, 4) is 0 Å². The summed E-state index contributed by atoms with van der Waals surface area (Å²) in [5.41, 5.74) is 0. The molecule has 0 aliphatic carbocycles. The molecule has 0 rings (SSSR count). The molecule has 0 heterocycles. The fourth-order valence-electron chi connectivity index (χ4n) is 0. The molecule has 0 saturated carbocycles. The van der Waals surface area contributed by atoms with Gasteiger partial charge in [-0.25, -0.2) is 0 Å². The van der Waals surface area contributed by atoms with Crippen LogP contribution in [-0.4, -0.2) is 22.5 Å². The van der Waals surface area contributed by atoms with Crippen LogP contribution < -0.4 is 137 Å². The van der Waals surface area contributed by atoms with E-state index < -0.39 is 12.3 Å². The summed E-state index contributed by atoms with van der Waals surface area (Å²) in [6, 6.07) is 0. The molecule has 6 nitrogen and oxygen atoms in total. The third kappa shape index (κ3) is 160. The molecule has 0 aromatic rings. The molecule has 0 radical (unpaired) electrons. The van der Waals surface area contributed by atoms with Crippen LogP contribution in [-0.2, 0) is 0 Å². The average Bonchev–Trinajstić information content (AvgIpc) is 1.25. The first-order valence-electron chi connectivity index (χ1n) is 1.26. The van der Waals surface area contributed by atoms with Gasteiger partial charge in [0.25, 0.3) is 0 Å². The summed E-state index contributed by atoms with van der Waals surface area (Å²) < 4.78 is 0. The van der Waals surface area contributed by atoms with E-state index in [1.54, 1.807) is 0 Å². The number of carbonyl (C=O) groups is 2. The minimum Gasteiger partial charge on any atom is -0.565 e. The summed E-state index contributed by atoms with van der Waals surface area (Å²) in [7, 11) is 0. The summed E-state index contributed by atoms with van der Waals surface area (Å²) in [5, 5.41) is 30.6. The average molecular weight is 340 g/mol. The van der Waals surface area contributed by atoms with Crippen LogP contribution in [0.4, 0.5) is 9.59 Å². The van der Waals surface area contributed by atoms with Gasteiger partial charge in [-0.05, 0) is 0 Å². The first-order valence-corrected chi connectivity index (χ1v) is 1.26. The molecule has 0 aliphatic heterocycles. The maximum atomic E-state index is 8.44. The molecule has 0 amide bonds. The van der Waals surface area contributed by atoms with Gasteiger partial charge in [0, 0.05) is 0 Å². The fourth-order valence-corrected chi connectivity index (χ4v) is 0. The van der Waals surface area contributed by atoms with E-state index in [-0.39, 0.29) is 127 Å². The van der Waals surface area contributed by atoms with E-state index in [4.69, 9.17) is 30.0 Å². The van der Waals surface area contributed by atoms with E-state index in [1.807, 2.05) is 0 Å². The summed E-state index contributed by atoms with van der Waals surface area (Å²) >= 11 is 0. The van der Waals surface area contributed by atoms with Gasteiger partial charge < -0.3 is 30.0 Å². The van der Waals surface area contributed by atoms with E-state index in [0.717, 1.165) is 0 Å². The van der Waals surface area contributed by atoms with Crippen LogP contribution in [0.3, 0.4) is 0 Å². The van der Waals surface area contributed by atoms with Gasteiger partial charge in [0.15, 0.2) is 0 Å². The molecule has 0 fully saturated rings. The maximum Gasteiger partial charge on any atom is 1.00 e. The standard InChI is InChI=1S/2CH2O3.Cs.Rb/c2*2-1(3)4;;/h2*(H2,2,3,4);;/q;;2*+1/p-2. The van der Waals surface area contributed by atoms with Crippen molar-refractivity contribution in [1.82, 2.24) is 0 Å². The molecule has 0 aliphatic rings. The molecule has 0 spiro atoms. The van der Waals surface area contributed by atoms with Gasteiger partial charge in [-0.15, -0.1) is 0 Å². The van der Waals surface area contributed by atoms with Crippen LogP contribution in [0.2, 0.25) is 0 Å². The molecule has 8 heteroatoms. The van der Waals surface area contributed by atoms with Crippen molar-refractivity contribution in [3.63, 3.8) is 0 Å². The van der Waals surface area contributed by atoms with Crippen molar-refractivity contribution in [2.75, 3.05) is 0 Å². The van der Waals surface area contributed by atoms with Gasteiger partial charge in [0.05, 0.1) is 0 Å². The minimum atomic E-state index is -2.08. The molecule has 0 saturated heterocycles. The third-order valence-corrected chi connectivity index (χ3v) is 0. The Morgan fingerprint density at radius 1 is 1.00 bits per heavy atom. The summed E-state index contributed by atoms with van der Waals surface area (Å²) in [6.45, 7) is 0. The number of hydrogen-bond donors (Lipinski definition) is 2. The van der Waals surface area contributed by atoms with Gasteiger partial charge in [-0.1, -0.05) is 0 Å². The molecule has 10 heavy (non-hydrogen) atoms. The Hall–Kier alpha value is 2.40. The molecular weight excluding hydrogens is 338 g/mol. The molecular formula is C2H2CsO6Rb. The second-order valence-electron chi connectivity index (χ2n) is 0.532. The summed E-state index contributed by atoms with van der Waals surface area (Å²) in [4.78, 5) is 16.9. The zero-order chi connectivity index (χ0) is 7.15. The van der Waals surface area contributed by atoms with Crippen LogP contribution in [0.15, 0.2) is 0 Å². The first-order chi connectivity index (χ1) is 3.46. The Bertz CT molecular complexity index is 73.7. The Labute approximate surface area is 164 Å². The third-order valence-electron chi connectivity index (χ3n) is 0. The van der Waals surface area contributed by atoms with Crippen molar-refractivity contribution in [3.05, 3.63) is 0 Å². The SMILES string of the molecule is O=C([O-])O.O=C([O-])O.[Cs+].[Rb+]. The molecule has 0 atom stereocenters. The quantitative estimate of drug-likeness (QED) is 0.452. The first kappa shape index (κ1) is 22.8.